The normalized spacial score (nSPS) is 17.7. The summed E-state index contributed by atoms with van der Waals surface area (Å²) in [5, 5.41) is 5.20. The minimum Gasteiger partial charge on any atom is -0.451 e. The summed E-state index contributed by atoms with van der Waals surface area (Å²) in [5.41, 5.74) is 1.71. The first-order valence-electron chi connectivity index (χ1n) is 8.42. The maximum absolute atomic E-state index is 13.1. The number of likely N-dealkylation sites (tertiary alicyclic amines) is 1. The lowest BCUT2D eigenvalue weighted by Crippen LogP contribution is -2.30. The fourth-order valence-corrected chi connectivity index (χ4v) is 3.44. The van der Waals surface area contributed by atoms with Crippen molar-refractivity contribution in [1.82, 2.24) is 24.6 Å². The van der Waals surface area contributed by atoms with E-state index in [1.165, 1.54) is 6.33 Å². The summed E-state index contributed by atoms with van der Waals surface area (Å²) in [4.78, 5) is 21.0. The molecule has 4 rings (SSSR count). The first kappa shape index (κ1) is 15.8. The largest absolute Gasteiger partial charge is 0.451 e. The Morgan fingerprint density at radius 3 is 2.96 bits per heavy atom. The average Bonchev–Trinajstić information content (AvgIpc) is 3.33. The van der Waals surface area contributed by atoms with Gasteiger partial charge in [-0.2, -0.15) is 5.10 Å². The Balaban J connectivity index is 1.64. The Morgan fingerprint density at radius 1 is 1.36 bits per heavy atom. The van der Waals surface area contributed by atoms with Crippen LogP contribution < -0.4 is 0 Å². The van der Waals surface area contributed by atoms with Crippen molar-refractivity contribution in [2.24, 2.45) is 0 Å². The molecule has 1 fully saturated rings. The third kappa shape index (κ3) is 2.91. The Kier molecular flexibility index (Phi) is 4.01. The van der Waals surface area contributed by atoms with Crippen molar-refractivity contribution in [3.05, 3.63) is 48.2 Å². The van der Waals surface area contributed by atoms with Crippen LogP contribution in [-0.2, 0) is 6.54 Å². The van der Waals surface area contributed by atoms with Crippen LogP contribution >= 0.6 is 0 Å². The second-order valence-corrected chi connectivity index (χ2v) is 6.71. The van der Waals surface area contributed by atoms with Gasteiger partial charge in [0.15, 0.2) is 5.76 Å². The lowest BCUT2D eigenvalue weighted by Gasteiger charge is -2.17. The van der Waals surface area contributed by atoms with Crippen LogP contribution in [0.5, 0.6) is 0 Å². The van der Waals surface area contributed by atoms with Crippen molar-refractivity contribution in [3.8, 4) is 0 Å². The van der Waals surface area contributed by atoms with Gasteiger partial charge in [-0.15, -0.1) is 0 Å². The highest BCUT2D eigenvalue weighted by Crippen LogP contribution is 2.30. The van der Waals surface area contributed by atoms with E-state index in [2.05, 4.69) is 15.0 Å². The number of fused-ring (bicyclic) bond motifs is 1. The van der Waals surface area contributed by atoms with Crippen LogP contribution in [0.1, 0.15) is 28.6 Å². The Bertz CT molecular complexity index is 884. The van der Waals surface area contributed by atoms with Gasteiger partial charge in [0.05, 0.1) is 6.04 Å². The number of carbonyl (C=O) groups excluding carboxylic acids is 1. The van der Waals surface area contributed by atoms with E-state index in [4.69, 9.17) is 4.42 Å². The zero-order chi connectivity index (χ0) is 17.4. The lowest BCUT2D eigenvalue weighted by molar-refractivity contribution is 0.0755. The highest BCUT2D eigenvalue weighted by molar-refractivity contribution is 5.99. The van der Waals surface area contributed by atoms with Gasteiger partial charge < -0.3 is 14.2 Å². The number of hydrogen-bond acceptors (Lipinski definition) is 5. The lowest BCUT2D eigenvalue weighted by atomic mass is 10.1. The molecular weight excluding hydrogens is 318 g/mol. The molecule has 0 radical (unpaired) electrons. The van der Waals surface area contributed by atoms with Crippen LogP contribution in [0.25, 0.3) is 11.0 Å². The van der Waals surface area contributed by atoms with E-state index >= 15 is 0 Å². The molecule has 1 atom stereocenters. The van der Waals surface area contributed by atoms with Crippen LogP contribution in [0.2, 0.25) is 0 Å². The summed E-state index contributed by atoms with van der Waals surface area (Å²) in [6.07, 6.45) is 4.11. The van der Waals surface area contributed by atoms with Gasteiger partial charge in [0, 0.05) is 30.6 Å². The second kappa shape index (κ2) is 6.33. The van der Waals surface area contributed by atoms with Crippen molar-refractivity contribution in [1.29, 1.82) is 0 Å². The summed E-state index contributed by atoms with van der Waals surface area (Å²) in [7, 11) is 3.99. The maximum Gasteiger partial charge on any atom is 0.290 e. The number of nitrogens with zero attached hydrogens (tertiary/aromatic N) is 5. The monoisotopic (exact) mass is 339 g/mol. The van der Waals surface area contributed by atoms with Gasteiger partial charge >= 0.3 is 0 Å². The van der Waals surface area contributed by atoms with E-state index in [9.17, 15) is 4.79 Å². The second-order valence-electron chi connectivity index (χ2n) is 6.71. The molecule has 2 aromatic heterocycles. The van der Waals surface area contributed by atoms with Gasteiger partial charge in [0.1, 0.15) is 18.2 Å². The number of hydrogen-bond donors (Lipinski definition) is 0. The van der Waals surface area contributed by atoms with Gasteiger partial charge in [-0.25, -0.2) is 9.67 Å². The molecular formula is C18H21N5O2. The fourth-order valence-electron chi connectivity index (χ4n) is 3.44. The van der Waals surface area contributed by atoms with Gasteiger partial charge in [-0.3, -0.25) is 4.79 Å². The molecule has 0 aliphatic carbocycles. The molecule has 25 heavy (non-hydrogen) atoms. The molecule has 3 aromatic rings. The van der Waals surface area contributed by atoms with E-state index < -0.39 is 0 Å². The van der Waals surface area contributed by atoms with Crippen molar-refractivity contribution in [2.75, 3.05) is 27.2 Å². The maximum atomic E-state index is 13.1. The van der Waals surface area contributed by atoms with Crippen LogP contribution in [0.4, 0.5) is 0 Å². The van der Waals surface area contributed by atoms with Crippen molar-refractivity contribution >= 4 is 16.9 Å². The van der Waals surface area contributed by atoms with Gasteiger partial charge in [0.25, 0.3) is 5.91 Å². The molecule has 1 amide bonds. The Hall–Kier alpha value is -2.67. The number of furan rings is 1. The first-order chi connectivity index (χ1) is 12.1. The highest BCUT2D eigenvalue weighted by Gasteiger charge is 2.32. The van der Waals surface area contributed by atoms with Gasteiger partial charge in [-0.1, -0.05) is 18.2 Å². The summed E-state index contributed by atoms with van der Waals surface area (Å²) < 4.78 is 7.77. The minimum absolute atomic E-state index is 0.0457. The van der Waals surface area contributed by atoms with Crippen LogP contribution in [0.3, 0.4) is 0 Å². The van der Waals surface area contributed by atoms with Crippen molar-refractivity contribution < 1.29 is 9.21 Å². The van der Waals surface area contributed by atoms with Crippen LogP contribution in [-0.4, -0.2) is 57.7 Å². The third-order valence-corrected chi connectivity index (χ3v) is 4.63. The number of amides is 1. The molecule has 1 aliphatic rings. The molecule has 0 saturated carbocycles. The molecule has 0 spiro atoms. The predicted octanol–water partition coefficient (Wildman–Crippen LogP) is 2.17. The summed E-state index contributed by atoms with van der Waals surface area (Å²) in [6, 6.07) is 8.00. The highest BCUT2D eigenvalue weighted by atomic mass is 16.3. The van der Waals surface area contributed by atoms with E-state index in [0.717, 1.165) is 23.0 Å². The van der Waals surface area contributed by atoms with Crippen molar-refractivity contribution in [3.63, 3.8) is 0 Å². The van der Waals surface area contributed by atoms with Crippen LogP contribution in [0, 0.1) is 0 Å². The zero-order valence-electron chi connectivity index (χ0n) is 14.4. The van der Waals surface area contributed by atoms with E-state index in [-0.39, 0.29) is 11.9 Å². The number of aromatic nitrogens is 3. The summed E-state index contributed by atoms with van der Waals surface area (Å²) in [5.74, 6) is 0.407. The van der Waals surface area contributed by atoms with E-state index in [1.807, 2.05) is 47.9 Å². The molecule has 130 valence electrons. The van der Waals surface area contributed by atoms with E-state index in [0.29, 0.717) is 25.4 Å². The Labute approximate surface area is 145 Å². The molecule has 3 heterocycles. The molecule has 0 bridgehead atoms. The number of para-hydroxylation sites is 1. The standard InChI is InChI=1S/C18H21N5O2/c1-21(2)10-15-14-5-3-4-6-16(14)25-17(15)18(24)22-8-7-13(9-22)23-12-19-11-20-23/h3-6,11-13H,7-10H2,1-2H3. The zero-order valence-corrected chi connectivity index (χ0v) is 14.4. The average molecular weight is 339 g/mol. The first-order valence-corrected chi connectivity index (χ1v) is 8.42. The quantitative estimate of drug-likeness (QED) is 0.729. The molecule has 1 saturated heterocycles. The van der Waals surface area contributed by atoms with E-state index in [1.54, 1.807) is 6.33 Å². The number of rotatable bonds is 4. The number of carbonyl (C=O) groups is 1. The molecule has 7 nitrogen and oxygen atoms in total. The topological polar surface area (TPSA) is 67.4 Å². The van der Waals surface area contributed by atoms with Gasteiger partial charge in [0.2, 0.25) is 0 Å². The van der Waals surface area contributed by atoms with Crippen LogP contribution in [0.15, 0.2) is 41.3 Å². The summed E-state index contributed by atoms with van der Waals surface area (Å²) in [6.45, 7) is 1.99. The summed E-state index contributed by atoms with van der Waals surface area (Å²) >= 11 is 0. The molecule has 0 N–H and O–H groups in total. The fraction of sp³-hybridized carbons (Fsp3) is 0.389. The molecule has 1 aromatic carbocycles. The smallest absolute Gasteiger partial charge is 0.290 e. The van der Waals surface area contributed by atoms with Gasteiger partial charge in [-0.05, 0) is 26.6 Å². The minimum atomic E-state index is -0.0457. The SMILES string of the molecule is CN(C)Cc1c(C(=O)N2CCC(n3cncn3)C2)oc2ccccc12. The third-order valence-electron chi connectivity index (χ3n) is 4.63. The number of benzene rings is 1. The molecule has 1 aliphatic heterocycles. The Morgan fingerprint density at radius 2 is 2.20 bits per heavy atom. The molecule has 7 heteroatoms. The predicted molar refractivity (Wildman–Crippen MR) is 93.2 cm³/mol. The van der Waals surface area contributed by atoms with Crippen molar-refractivity contribution in [2.45, 2.75) is 19.0 Å². The molecule has 1 unspecified atom stereocenters.